The fourth-order valence-corrected chi connectivity index (χ4v) is 2.79. The molecule has 0 radical (unpaired) electrons. The first-order valence-corrected chi connectivity index (χ1v) is 8.79. The average molecular weight is 313 g/mol. The molecule has 5 heteroatoms. The van der Waals surface area contributed by atoms with Crippen molar-refractivity contribution in [3.8, 4) is 0 Å². The molecule has 1 N–H and O–H groups in total. The minimum absolute atomic E-state index is 0.213. The summed E-state index contributed by atoms with van der Waals surface area (Å²) in [4.78, 5) is 16.4. The van der Waals surface area contributed by atoms with Gasteiger partial charge >= 0.3 is 6.09 Å². The van der Waals surface area contributed by atoms with Gasteiger partial charge in [0.25, 0.3) is 0 Å². The Morgan fingerprint density at radius 2 is 1.91 bits per heavy atom. The van der Waals surface area contributed by atoms with Gasteiger partial charge < -0.3 is 19.9 Å². The van der Waals surface area contributed by atoms with Crippen molar-refractivity contribution in [3.05, 3.63) is 0 Å². The molecule has 0 aromatic heterocycles. The Hall–Kier alpha value is -0.810. The summed E-state index contributed by atoms with van der Waals surface area (Å²) in [7, 11) is 0. The standard InChI is InChI=1S/C17H35N3O2/c1-6-11-19-12-8-15(9-13-19)18-10-14-20(7-2)16(21)22-17(3,4)5/h15,18H,6-14H2,1-5H3. The first-order valence-electron chi connectivity index (χ1n) is 8.79. The summed E-state index contributed by atoms with van der Waals surface area (Å²) < 4.78 is 5.43. The molecule has 22 heavy (non-hydrogen) atoms. The second-order valence-electron chi connectivity index (χ2n) is 7.13. The predicted octanol–water partition coefficient (Wildman–Crippen LogP) is 2.71. The summed E-state index contributed by atoms with van der Waals surface area (Å²) in [6.07, 6.45) is 3.44. The Labute approximate surface area is 136 Å². The van der Waals surface area contributed by atoms with Crippen molar-refractivity contribution in [2.24, 2.45) is 0 Å². The molecular formula is C17H35N3O2. The van der Waals surface area contributed by atoms with Crippen molar-refractivity contribution in [1.29, 1.82) is 0 Å². The smallest absolute Gasteiger partial charge is 0.410 e. The van der Waals surface area contributed by atoms with Crippen molar-refractivity contribution in [1.82, 2.24) is 15.1 Å². The highest BCUT2D eigenvalue weighted by Gasteiger charge is 2.22. The van der Waals surface area contributed by atoms with E-state index in [1.807, 2.05) is 27.7 Å². The molecule has 0 aromatic rings. The molecule has 0 unspecified atom stereocenters. The van der Waals surface area contributed by atoms with Gasteiger partial charge in [0, 0.05) is 25.7 Å². The van der Waals surface area contributed by atoms with Crippen LogP contribution in [0.1, 0.15) is 53.9 Å². The van der Waals surface area contributed by atoms with E-state index in [9.17, 15) is 4.79 Å². The van der Waals surface area contributed by atoms with E-state index in [0.717, 1.165) is 6.54 Å². The Bertz CT molecular complexity index is 320. The number of hydrogen-bond donors (Lipinski definition) is 1. The van der Waals surface area contributed by atoms with Crippen LogP contribution >= 0.6 is 0 Å². The van der Waals surface area contributed by atoms with E-state index in [1.54, 1.807) is 4.90 Å². The van der Waals surface area contributed by atoms with Gasteiger partial charge in [0.05, 0.1) is 0 Å². The van der Waals surface area contributed by atoms with Crippen LogP contribution in [0.2, 0.25) is 0 Å². The molecule has 1 saturated heterocycles. The third-order valence-corrected chi connectivity index (χ3v) is 3.98. The minimum Gasteiger partial charge on any atom is -0.444 e. The normalized spacial score (nSPS) is 17.5. The van der Waals surface area contributed by atoms with Gasteiger partial charge in [-0.25, -0.2) is 4.79 Å². The molecule has 0 spiro atoms. The molecule has 1 aliphatic rings. The third kappa shape index (κ3) is 7.45. The summed E-state index contributed by atoms with van der Waals surface area (Å²) in [5.74, 6) is 0. The molecule has 130 valence electrons. The summed E-state index contributed by atoms with van der Waals surface area (Å²) in [5, 5.41) is 3.59. The maximum Gasteiger partial charge on any atom is 0.410 e. The van der Waals surface area contributed by atoms with Crippen LogP contribution in [-0.2, 0) is 4.74 Å². The average Bonchev–Trinajstić information content (AvgIpc) is 2.43. The molecule has 0 aliphatic carbocycles. The lowest BCUT2D eigenvalue weighted by molar-refractivity contribution is 0.0259. The van der Waals surface area contributed by atoms with Crippen molar-refractivity contribution >= 4 is 6.09 Å². The zero-order chi connectivity index (χ0) is 16.6. The van der Waals surface area contributed by atoms with Gasteiger partial charge in [-0.05, 0) is 66.6 Å². The van der Waals surface area contributed by atoms with Crippen LogP contribution in [0.3, 0.4) is 0 Å². The second-order valence-corrected chi connectivity index (χ2v) is 7.13. The Morgan fingerprint density at radius 1 is 1.27 bits per heavy atom. The maximum absolute atomic E-state index is 12.1. The fraction of sp³-hybridized carbons (Fsp3) is 0.941. The molecule has 0 saturated carbocycles. The predicted molar refractivity (Wildman–Crippen MR) is 91.2 cm³/mol. The van der Waals surface area contributed by atoms with E-state index in [2.05, 4.69) is 17.1 Å². The van der Waals surface area contributed by atoms with Crippen LogP contribution in [0, 0.1) is 0 Å². The lowest BCUT2D eigenvalue weighted by Crippen LogP contribution is -2.46. The highest BCUT2D eigenvalue weighted by Crippen LogP contribution is 2.11. The Morgan fingerprint density at radius 3 is 2.41 bits per heavy atom. The number of piperidine rings is 1. The molecule has 1 fully saturated rings. The summed E-state index contributed by atoms with van der Waals surface area (Å²) in [5.41, 5.74) is -0.427. The molecule has 0 atom stereocenters. The van der Waals surface area contributed by atoms with Crippen LogP contribution in [0.25, 0.3) is 0 Å². The number of hydrogen-bond acceptors (Lipinski definition) is 4. The first-order chi connectivity index (χ1) is 10.4. The van der Waals surface area contributed by atoms with Crippen molar-refractivity contribution < 1.29 is 9.53 Å². The van der Waals surface area contributed by atoms with Crippen molar-refractivity contribution in [2.45, 2.75) is 65.5 Å². The third-order valence-electron chi connectivity index (χ3n) is 3.98. The molecule has 1 heterocycles. The molecule has 1 amide bonds. The molecule has 0 bridgehead atoms. The largest absolute Gasteiger partial charge is 0.444 e. The molecule has 0 aromatic carbocycles. The SMILES string of the molecule is CCCN1CCC(NCCN(CC)C(=O)OC(C)(C)C)CC1. The van der Waals surface area contributed by atoms with E-state index in [4.69, 9.17) is 4.74 Å². The van der Waals surface area contributed by atoms with Gasteiger partial charge in [-0.15, -0.1) is 0 Å². The number of nitrogens with zero attached hydrogens (tertiary/aromatic N) is 2. The van der Waals surface area contributed by atoms with Crippen molar-refractivity contribution in [2.75, 3.05) is 39.3 Å². The van der Waals surface area contributed by atoms with Gasteiger partial charge in [-0.1, -0.05) is 6.92 Å². The number of nitrogens with one attached hydrogen (secondary N) is 1. The quantitative estimate of drug-likeness (QED) is 0.785. The van der Waals surface area contributed by atoms with E-state index >= 15 is 0 Å². The number of ether oxygens (including phenoxy) is 1. The molecule has 1 aliphatic heterocycles. The summed E-state index contributed by atoms with van der Waals surface area (Å²) in [6, 6.07) is 0.588. The topological polar surface area (TPSA) is 44.8 Å². The van der Waals surface area contributed by atoms with Crippen LogP contribution in [0.4, 0.5) is 4.79 Å². The first kappa shape index (κ1) is 19.2. The lowest BCUT2D eigenvalue weighted by Gasteiger charge is -2.33. The van der Waals surface area contributed by atoms with E-state index in [0.29, 0.717) is 19.1 Å². The van der Waals surface area contributed by atoms with E-state index in [-0.39, 0.29) is 6.09 Å². The van der Waals surface area contributed by atoms with Gasteiger partial charge in [0.15, 0.2) is 0 Å². The Kier molecular flexibility index (Phi) is 8.18. The van der Waals surface area contributed by atoms with Gasteiger partial charge in [0.2, 0.25) is 0 Å². The second kappa shape index (κ2) is 9.36. The van der Waals surface area contributed by atoms with Crippen LogP contribution in [0.5, 0.6) is 0 Å². The molecular weight excluding hydrogens is 278 g/mol. The maximum atomic E-state index is 12.1. The number of likely N-dealkylation sites (N-methyl/N-ethyl adjacent to an activating group) is 1. The van der Waals surface area contributed by atoms with Gasteiger partial charge in [-0.2, -0.15) is 0 Å². The van der Waals surface area contributed by atoms with E-state index in [1.165, 1.54) is 38.9 Å². The number of carbonyl (C=O) groups excluding carboxylic acids is 1. The Balaban J connectivity index is 2.23. The van der Waals surface area contributed by atoms with Crippen LogP contribution in [0.15, 0.2) is 0 Å². The zero-order valence-corrected chi connectivity index (χ0v) is 15.2. The van der Waals surface area contributed by atoms with E-state index < -0.39 is 5.60 Å². The lowest BCUT2D eigenvalue weighted by atomic mass is 10.0. The number of rotatable bonds is 7. The van der Waals surface area contributed by atoms with Crippen molar-refractivity contribution in [3.63, 3.8) is 0 Å². The van der Waals surface area contributed by atoms with Gasteiger partial charge in [-0.3, -0.25) is 0 Å². The van der Waals surface area contributed by atoms with Gasteiger partial charge in [0.1, 0.15) is 5.60 Å². The number of carbonyl (C=O) groups is 1. The van der Waals surface area contributed by atoms with Crippen LogP contribution < -0.4 is 5.32 Å². The van der Waals surface area contributed by atoms with Crippen LogP contribution in [-0.4, -0.2) is 66.8 Å². The highest BCUT2D eigenvalue weighted by molar-refractivity contribution is 5.68. The summed E-state index contributed by atoms with van der Waals surface area (Å²) >= 11 is 0. The highest BCUT2D eigenvalue weighted by atomic mass is 16.6. The number of likely N-dealkylation sites (tertiary alicyclic amines) is 1. The monoisotopic (exact) mass is 313 g/mol. The number of amides is 1. The minimum atomic E-state index is -0.427. The summed E-state index contributed by atoms with van der Waals surface area (Å²) in [6.45, 7) is 15.8. The molecule has 1 rings (SSSR count). The molecule has 5 nitrogen and oxygen atoms in total. The zero-order valence-electron chi connectivity index (χ0n) is 15.2. The fourth-order valence-electron chi connectivity index (χ4n) is 2.79.